The summed E-state index contributed by atoms with van der Waals surface area (Å²) in [5.41, 5.74) is 0.351. The lowest BCUT2D eigenvalue weighted by molar-refractivity contribution is -0.178. The van der Waals surface area contributed by atoms with E-state index in [0.29, 0.717) is 10.6 Å². The van der Waals surface area contributed by atoms with Crippen LogP contribution in [0.5, 0.6) is 0 Å². The van der Waals surface area contributed by atoms with Gasteiger partial charge >= 0.3 is 6.18 Å². The number of nitrogens with one attached hydrogen (secondary N) is 1. The molecule has 1 aliphatic heterocycles. The van der Waals surface area contributed by atoms with E-state index in [0.717, 1.165) is 0 Å². The van der Waals surface area contributed by atoms with Crippen LogP contribution >= 0.6 is 11.6 Å². The Labute approximate surface area is 194 Å². The van der Waals surface area contributed by atoms with Crippen molar-refractivity contribution in [2.75, 3.05) is 5.75 Å². The molecule has 0 saturated heterocycles. The Hall–Kier alpha value is -2.73. The van der Waals surface area contributed by atoms with E-state index in [1.54, 1.807) is 0 Å². The summed E-state index contributed by atoms with van der Waals surface area (Å²) in [6.45, 7) is 7.61. The minimum Gasteiger partial charge on any atom is -0.360 e. The topological polar surface area (TPSA) is 104 Å². The van der Waals surface area contributed by atoms with Crippen molar-refractivity contribution in [1.82, 2.24) is 15.2 Å². The van der Waals surface area contributed by atoms with Gasteiger partial charge in [0.1, 0.15) is 16.9 Å². The van der Waals surface area contributed by atoms with Crippen molar-refractivity contribution in [2.45, 2.75) is 50.9 Å². The molecule has 1 amide bonds. The van der Waals surface area contributed by atoms with E-state index in [9.17, 15) is 26.4 Å². The van der Waals surface area contributed by atoms with E-state index < -0.39 is 34.4 Å². The van der Waals surface area contributed by atoms with Gasteiger partial charge in [0.2, 0.25) is 0 Å². The number of alkyl halides is 3. The van der Waals surface area contributed by atoms with Crippen molar-refractivity contribution in [3.8, 4) is 0 Å². The fourth-order valence-electron chi connectivity index (χ4n) is 2.98. The number of amidine groups is 2. The number of hydrogen-bond donors (Lipinski definition) is 1. The van der Waals surface area contributed by atoms with E-state index in [1.165, 1.54) is 45.2 Å². The number of allylic oxidation sites excluding steroid dienone is 1. The lowest BCUT2D eigenvalue weighted by atomic mass is 10.1. The van der Waals surface area contributed by atoms with E-state index in [4.69, 9.17) is 11.6 Å². The number of nitrogens with zero attached hydrogens (tertiary/aromatic N) is 4. The van der Waals surface area contributed by atoms with Crippen LogP contribution in [0, 0.1) is 0 Å². The van der Waals surface area contributed by atoms with Crippen molar-refractivity contribution >= 4 is 39.0 Å². The zero-order chi connectivity index (χ0) is 25.0. The summed E-state index contributed by atoms with van der Waals surface area (Å²) >= 11 is 5.70. The predicted octanol–water partition coefficient (Wildman–Crippen LogP) is 3.56. The molecule has 1 aromatic rings. The molecule has 0 saturated carbocycles. The second-order valence-corrected chi connectivity index (χ2v) is 9.54. The van der Waals surface area contributed by atoms with Crippen LogP contribution < -0.4 is 5.32 Å². The monoisotopic (exact) mass is 505 g/mol. The molecule has 0 fully saturated rings. The van der Waals surface area contributed by atoms with Gasteiger partial charge in [0, 0.05) is 6.20 Å². The molecule has 1 aromatic heterocycles. The maximum atomic E-state index is 13.7. The second-order valence-electron chi connectivity index (χ2n) is 6.83. The van der Waals surface area contributed by atoms with E-state index in [1.807, 2.05) is 0 Å². The molecule has 0 radical (unpaired) electrons. The van der Waals surface area contributed by atoms with Crippen molar-refractivity contribution in [3.05, 3.63) is 47.5 Å². The average molecular weight is 506 g/mol. The summed E-state index contributed by atoms with van der Waals surface area (Å²) in [4.78, 5) is 25.5. The number of aromatic nitrogens is 1. The smallest absolute Gasteiger partial charge is 0.360 e. The zero-order valence-electron chi connectivity index (χ0n) is 18.1. The maximum Gasteiger partial charge on any atom is 0.409 e. The highest BCUT2D eigenvalue weighted by molar-refractivity contribution is 7.91. The number of aliphatic imine (C=N–C) groups is 2. The van der Waals surface area contributed by atoms with E-state index in [-0.39, 0.29) is 39.7 Å². The van der Waals surface area contributed by atoms with Crippen LogP contribution in [-0.4, -0.2) is 53.9 Å². The highest BCUT2D eigenvalue weighted by Crippen LogP contribution is 2.31. The Morgan fingerprint density at radius 1 is 1.36 bits per heavy atom. The first-order valence-electron chi connectivity index (χ1n) is 9.86. The number of carbonyl (C=O) groups is 1. The first-order valence-corrected chi connectivity index (χ1v) is 11.9. The van der Waals surface area contributed by atoms with Crippen LogP contribution in [0.3, 0.4) is 0 Å². The van der Waals surface area contributed by atoms with Gasteiger partial charge in [-0.05, 0) is 25.5 Å². The largest absolute Gasteiger partial charge is 0.409 e. The molecule has 0 unspecified atom stereocenters. The number of halogens is 4. The first-order chi connectivity index (χ1) is 15.3. The summed E-state index contributed by atoms with van der Waals surface area (Å²) in [7, 11) is -3.43. The van der Waals surface area contributed by atoms with Crippen LogP contribution in [0.1, 0.15) is 32.9 Å². The molecule has 33 heavy (non-hydrogen) atoms. The minimum absolute atomic E-state index is 0.000976. The van der Waals surface area contributed by atoms with Crippen LogP contribution in [0.25, 0.3) is 0 Å². The molecule has 2 heterocycles. The molecule has 1 atom stereocenters. The number of carbonyl (C=O) groups excluding carboxylic acids is 1. The molecule has 2 rings (SSSR count). The Morgan fingerprint density at radius 3 is 2.48 bits per heavy atom. The highest BCUT2D eigenvalue weighted by Gasteiger charge is 2.49. The average Bonchev–Trinajstić information content (AvgIpc) is 2.74. The summed E-state index contributed by atoms with van der Waals surface area (Å²) < 4.78 is 64.9. The van der Waals surface area contributed by atoms with Crippen LogP contribution in [0.15, 0.2) is 56.7 Å². The van der Waals surface area contributed by atoms with Gasteiger partial charge in [0.25, 0.3) is 5.91 Å². The highest BCUT2D eigenvalue weighted by atomic mass is 35.5. The molecule has 1 aliphatic rings. The van der Waals surface area contributed by atoms with Crippen molar-refractivity contribution in [2.24, 2.45) is 9.98 Å². The van der Waals surface area contributed by atoms with Gasteiger partial charge in [-0.25, -0.2) is 18.4 Å². The van der Waals surface area contributed by atoms with Gasteiger partial charge in [0.05, 0.1) is 22.9 Å². The third-order valence-electron chi connectivity index (χ3n) is 4.66. The lowest BCUT2D eigenvalue weighted by Gasteiger charge is -2.36. The Balaban J connectivity index is 2.40. The van der Waals surface area contributed by atoms with Crippen molar-refractivity contribution < 1.29 is 26.4 Å². The Kier molecular flexibility index (Phi) is 8.41. The standard InChI is InChI=1S/C20H23ClF3N5O3S/c1-5-15-18(27-12(4)21)29(16(6-2)20(22,23)24)19(30)17(28-15)26-10-13-8-9-14(11-25-13)33(31,32)7-3/h5,8-9,11,16H,4,6-7,10H2,1-3H3,(H,26,28)/b15-5+,27-18+/t16-/m1/s1. The second kappa shape index (κ2) is 10.5. The van der Waals surface area contributed by atoms with Gasteiger partial charge in [-0.15, -0.1) is 0 Å². The van der Waals surface area contributed by atoms with E-state index >= 15 is 0 Å². The van der Waals surface area contributed by atoms with Crippen molar-refractivity contribution in [1.29, 1.82) is 0 Å². The number of hydrogen-bond acceptors (Lipinski definition) is 7. The lowest BCUT2D eigenvalue weighted by Crippen LogP contribution is -2.58. The molecule has 1 N–H and O–H groups in total. The first kappa shape index (κ1) is 26.5. The molecule has 8 nitrogen and oxygen atoms in total. The summed E-state index contributed by atoms with van der Waals surface area (Å²) in [6, 6.07) is 0.635. The molecule has 13 heteroatoms. The van der Waals surface area contributed by atoms with Gasteiger partial charge in [0.15, 0.2) is 21.5 Å². The molecule has 0 aromatic carbocycles. The minimum atomic E-state index is -4.73. The normalized spacial score (nSPS) is 18.5. The predicted molar refractivity (Wildman–Crippen MR) is 119 cm³/mol. The maximum absolute atomic E-state index is 13.7. The van der Waals surface area contributed by atoms with Gasteiger partial charge in [-0.1, -0.05) is 38.1 Å². The molecule has 0 bridgehead atoms. The van der Waals surface area contributed by atoms with Gasteiger partial charge < -0.3 is 5.32 Å². The summed E-state index contributed by atoms with van der Waals surface area (Å²) in [5, 5.41) is 2.38. The van der Waals surface area contributed by atoms with Crippen LogP contribution in [0.4, 0.5) is 13.2 Å². The van der Waals surface area contributed by atoms with Crippen molar-refractivity contribution in [3.63, 3.8) is 0 Å². The van der Waals surface area contributed by atoms with E-state index in [2.05, 4.69) is 26.9 Å². The SMILES string of the molecule is C=C(Cl)/N=C1\C(=C/C)N=C(NCc2ccc(S(=O)(=O)CC)cn2)C(=O)N1[C@H](CC)C(F)(F)F. The summed E-state index contributed by atoms with van der Waals surface area (Å²) in [6.07, 6.45) is -2.59. The number of rotatable bonds is 7. The quantitative estimate of drug-likeness (QED) is 0.571. The third kappa shape index (κ3) is 6.20. The Morgan fingerprint density at radius 2 is 2.03 bits per heavy atom. The number of amides is 1. The fraction of sp³-hybridized carbons (Fsp3) is 0.400. The van der Waals surface area contributed by atoms with Crippen LogP contribution in [0.2, 0.25) is 0 Å². The molecule has 0 aliphatic carbocycles. The summed E-state index contributed by atoms with van der Waals surface area (Å²) in [5.74, 6) is -1.84. The molecule has 180 valence electrons. The fourth-order valence-corrected chi connectivity index (χ4v) is 3.88. The van der Waals surface area contributed by atoms with Crippen LogP contribution in [-0.2, 0) is 21.2 Å². The zero-order valence-corrected chi connectivity index (χ0v) is 19.7. The number of sulfone groups is 1. The molecular weight excluding hydrogens is 483 g/mol. The van der Waals surface area contributed by atoms with Gasteiger partial charge in [-0.2, -0.15) is 13.2 Å². The molecule has 0 spiro atoms. The van der Waals surface area contributed by atoms with Gasteiger partial charge in [-0.3, -0.25) is 14.7 Å². The third-order valence-corrected chi connectivity index (χ3v) is 6.47. The number of pyridine rings is 1. The Bertz CT molecular complexity index is 1110. The molecular formula is C20H23ClF3N5O3S.